The summed E-state index contributed by atoms with van der Waals surface area (Å²) in [5.74, 6) is -1.67. The molecule has 0 spiro atoms. The maximum Gasteiger partial charge on any atom is 0.300 e. The van der Waals surface area contributed by atoms with Crippen LogP contribution in [0, 0.1) is 0 Å². The van der Waals surface area contributed by atoms with Gasteiger partial charge in [0, 0.05) is 13.8 Å². The van der Waals surface area contributed by atoms with Gasteiger partial charge in [-0.25, -0.2) is 0 Å². The largest absolute Gasteiger partial charge is 0.481 e. The zero-order valence-corrected chi connectivity index (χ0v) is 9.59. The Morgan fingerprint density at radius 3 is 1.08 bits per heavy atom. The molecule has 0 aromatic heterocycles. The quantitative estimate of drug-likeness (QED) is 0.627. The molecule has 0 radical (unpaired) electrons. The highest BCUT2D eigenvalue weighted by Gasteiger charge is 1.65. The van der Waals surface area contributed by atoms with E-state index in [4.69, 9.17) is 24.4 Å². The SMILES string of the molecule is CC.CC(=O)O.CC(=O)O.O=PCl. The molecule has 0 atom stereocenters. The summed E-state index contributed by atoms with van der Waals surface area (Å²) < 4.78 is 8.67. The van der Waals surface area contributed by atoms with Gasteiger partial charge in [0.1, 0.15) is 0 Å². The van der Waals surface area contributed by atoms with E-state index < -0.39 is 11.9 Å². The summed E-state index contributed by atoms with van der Waals surface area (Å²) in [5.41, 5.74) is 0. The molecule has 0 saturated carbocycles. The Balaban J connectivity index is -0.0000000431. The topological polar surface area (TPSA) is 91.7 Å². The Kier molecular flexibility index (Phi) is 52.9. The molecule has 80 valence electrons. The normalized spacial score (nSPS) is 5.92. The van der Waals surface area contributed by atoms with Gasteiger partial charge in [-0.1, -0.05) is 13.8 Å². The zero-order valence-electron chi connectivity index (χ0n) is 7.94. The summed E-state index contributed by atoms with van der Waals surface area (Å²) in [4.78, 5) is 18.0. The van der Waals surface area contributed by atoms with Gasteiger partial charge in [0.2, 0.25) is 0 Å². The molecular formula is C6H14ClO5P. The lowest BCUT2D eigenvalue weighted by molar-refractivity contribution is -0.135. The van der Waals surface area contributed by atoms with Gasteiger partial charge in [-0.2, -0.15) is 0 Å². The first-order valence-corrected chi connectivity index (χ1v) is 4.92. The maximum absolute atomic E-state index is 9.00. The van der Waals surface area contributed by atoms with Crippen molar-refractivity contribution in [2.24, 2.45) is 0 Å². The van der Waals surface area contributed by atoms with Crippen LogP contribution < -0.4 is 0 Å². The van der Waals surface area contributed by atoms with Crippen molar-refractivity contribution in [3.8, 4) is 0 Å². The van der Waals surface area contributed by atoms with Gasteiger partial charge < -0.3 is 10.2 Å². The third-order valence-electron chi connectivity index (χ3n) is 0. The van der Waals surface area contributed by atoms with Crippen molar-refractivity contribution in [3.63, 3.8) is 0 Å². The van der Waals surface area contributed by atoms with E-state index in [0.29, 0.717) is 0 Å². The average Bonchev–Trinajstić information content (AvgIpc) is 1.89. The van der Waals surface area contributed by atoms with Gasteiger partial charge in [-0.05, 0) is 11.2 Å². The Labute approximate surface area is 83.7 Å². The van der Waals surface area contributed by atoms with Crippen LogP contribution in [0.15, 0.2) is 0 Å². The van der Waals surface area contributed by atoms with Crippen LogP contribution in [0.1, 0.15) is 27.7 Å². The smallest absolute Gasteiger partial charge is 0.300 e. The molecular weight excluding hydrogens is 218 g/mol. The summed E-state index contributed by atoms with van der Waals surface area (Å²) in [6.45, 7) is 6.17. The second-order valence-corrected chi connectivity index (χ2v) is 1.66. The van der Waals surface area contributed by atoms with Crippen LogP contribution in [0.25, 0.3) is 0 Å². The molecule has 0 aliphatic carbocycles. The molecule has 0 aromatic carbocycles. The van der Waals surface area contributed by atoms with E-state index in [0.717, 1.165) is 13.8 Å². The van der Waals surface area contributed by atoms with Crippen LogP contribution in [0.3, 0.4) is 0 Å². The minimum absolute atomic E-state index is 0.361. The lowest BCUT2D eigenvalue weighted by Gasteiger charge is -1.59. The third-order valence-corrected chi connectivity index (χ3v) is 0. The molecule has 13 heavy (non-hydrogen) atoms. The highest BCUT2D eigenvalue weighted by molar-refractivity contribution is 7.57. The highest BCUT2D eigenvalue weighted by Crippen LogP contribution is 1.92. The molecule has 0 aliphatic rings. The lowest BCUT2D eigenvalue weighted by atomic mass is 10.9. The number of carboxylic acids is 2. The molecule has 0 aliphatic heterocycles. The van der Waals surface area contributed by atoms with Crippen LogP contribution in [-0.4, -0.2) is 22.2 Å². The van der Waals surface area contributed by atoms with E-state index in [1.807, 2.05) is 13.8 Å². The second-order valence-electron chi connectivity index (χ2n) is 1.11. The second kappa shape index (κ2) is 30.2. The Morgan fingerprint density at radius 1 is 1.08 bits per heavy atom. The summed E-state index contributed by atoms with van der Waals surface area (Å²) in [7, 11) is -0.361. The van der Waals surface area contributed by atoms with E-state index in [1.165, 1.54) is 0 Å². The van der Waals surface area contributed by atoms with Crippen molar-refractivity contribution in [2.75, 3.05) is 0 Å². The molecule has 0 heterocycles. The van der Waals surface area contributed by atoms with E-state index >= 15 is 0 Å². The Hall–Kier alpha value is -0.670. The molecule has 0 amide bonds. The summed E-state index contributed by atoms with van der Waals surface area (Å²) in [5, 5.41) is 14.8. The minimum Gasteiger partial charge on any atom is -0.481 e. The number of carboxylic acid groups (broad SMARTS) is 2. The fraction of sp³-hybridized carbons (Fsp3) is 0.667. The average molecular weight is 233 g/mol. The predicted octanol–water partition coefficient (Wildman–Crippen LogP) is 2.64. The minimum atomic E-state index is -0.833. The van der Waals surface area contributed by atoms with Crippen LogP contribution in [0.4, 0.5) is 0 Å². The number of rotatable bonds is 0. The molecule has 0 aromatic rings. The summed E-state index contributed by atoms with van der Waals surface area (Å²) in [6, 6.07) is 0. The van der Waals surface area contributed by atoms with E-state index in [2.05, 4.69) is 11.2 Å². The van der Waals surface area contributed by atoms with Crippen LogP contribution in [0.2, 0.25) is 0 Å². The van der Waals surface area contributed by atoms with E-state index in [-0.39, 0.29) is 7.81 Å². The highest BCUT2D eigenvalue weighted by atomic mass is 35.7. The first-order valence-electron chi connectivity index (χ1n) is 3.21. The fourth-order valence-corrected chi connectivity index (χ4v) is 0. The summed E-state index contributed by atoms with van der Waals surface area (Å²) in [6.07, 6.45) is 0. The molecule has 5 nitrogen and oxygen atoms in total. The number of hydrogen-bond donors (Lipinski definition) is 2. The number of halogens is 1. The Morgan fingerprint density at radius 2 is 1.08 bits per heavy atom. The lowest BCUT2D eigenvalue weighted by Crippen LogP contribution is -1.78. The van der Waals surface area contributed by atoms with Gasteiger partial charge in [-0.15, -0.1) is 0 Å². The monoisotopic (exact) mass is 232 g/mol. The first-order chi connectivity index (χ1) is 5.88. The van der Waals surface area contributed by atoms with Crippen LogP contribution in [0.5, 0.6) is 0 Å². The van der Waals surface area contributed by atoms with Gasteiger partial charge in [0.15, 0.2) is 0 Å². The van der Waals surface area contributed by atoms with Crippen molar-refractivity contribution < 1.29 is 24.4 Å². The molecule has 0 fully saturated rings. The van der Waals surface area contributed by atoms with Crippen molar-refractivity contribution in [1.29, 1.82) is 0 Å². The standard InChI is InChI=1S/2C2H4O2.C2H6.ClOP/c2*1-2(3)4;1-2;1-3-2/h2*1H3,(H,3,4);1-2H3;. The zero-order chi connectivity index (χ0) is 11.9. The molecule has 0 saturated heterocycles. The maximum atomic E-state index is 9.00. The van der Waals surface area contributed by atoms with Crippen molar-refractivity contribution in [3.05, 3.63) is 0 Å². The van der Waals surface area contributed by atoms with Crippen molar-refractivity contribution in [2.45, 2.75) is 27.7 Å². The molecule has 2 N–H and O–H groups in total. The Bertz CT molecular complexity index is 108. The molecule has 0 rings (SSSR count). The molecule has 0 bridgehead atoms. The van der Waals surface area contributed by atoms with E-state index in [1.54, 1.807) is 0 Å². The fourth-order valence-electron chi connectivity index (χ4n) is 0. The number of hydrogen-bond acceptors (Lipinski definition) is 3. The van der Waals surface area contributed by atoms with Gasteiger partial charge in [-0.3, -0.25) is 14.2 Å². The van der Waals surface area contributed by atoms with Crippen LogP contribution >= 0.6 is 19.1 Å². The van der Waals surface area contributed by atoms with Gasteiger partial charge in [0.05, 0.1) is 0 Å². The molecule has 0 unspecified atom stereocenters. The van der Waals surface area contributed by atoms with E-state index in [9.17, 15) is 0 Å². The van der Waals surface area contributed by atoms with Crippen molar-refractivity contribution in [1.82, 2.24) is 0 Å². The summed E-state index contributed by atoms with van der Waals surface area (Å²) >= 11 is 4.42. The first kappa shape index (κ1) is 22.8. The number of aliphatic carboxylic acids is 2. The predicted molar refractivity (Wildman–Crippen MR) is 51.4 cm³/mol. The van der Waals surface area contributed by atoms with Gasteiger partial charge in [0.25, 0.3) is 19.8 Å². The molecule has 7 heteroatoms. The third kappa shape index (κ3) is 2200. The number of carbonyl (C=O) groups is 2. The van der Waals surface area contributed by atoms with Crippen molar-refractivity contribution >= 4 is 31.0 Å². The van der Waals surface area contributed by atoms with Crippen LogP contribution in [-0.2, 0) is 14.2 Å². The van der Waals surface area contributed by atoms with Gasteiger partial charge >= 0.3 is 0 Å².